The summed E-state index contributed by atoms with van der Waals surface area (Å²) in [5.41, 5.74) is 1.33. The molecule has 3 rings (SSSR count). The maximum Gasteiger partial charge on any atom is 0.248 e. The molecular weight excluding hydrogens is 452 g/mol. The predicted molar refractivity (Wildman–Crippen MR) is 128 cm³/mol. The predicted octanol–water partition coefficient (Wildman–Crippen LogP) is 4.31. The van der Waals surface area contributed by atoms with Gasteiger partial charge in [-0.15, -0.1) is 11.8 Å². The summed E-state index contributed by atoms with van der Waals surface area (Å²) < 4.78 is 16.0. The largest absolute Gasteiger partial charge is 0.497 e. The van der Waals surface area contributed by atoms with Gasteiger partial charge in [0.2, 0.25) is 11.8 Å². The maximum absolute atomic E-state index is 12.8. The van der Waals surface area contributed by atoms with Crippen molar-refractivity contribution in [3.05, 3.63) is 53.1 Å². The van der Waals surface area contributed by atoms with E-state index in [1.165, 1.54) is 24.9 Å². The van der Waals surface area contributed by atoms with Crippen LogP contribution >= 0.6 is 23.4 Å². The molecule has 0 radical (unpaired) electrons. The summed E-state index contributed by atoms with van der Waals surface area (Å²) in [4.78, 5) is 27.1. The van der Waals surface area contributed by atoms with E-state index in [2.05, 4.69) is 5.32 Å². The van der Waals surface area contributed by atoms with Gasteiger partial charge in [-0.2, -0.15) is 0 Å². The smallest absolute Gasteiger partial charge is 0.248 e. The number of nitrogens with one attached hydrogen (secondary N) is 1. The molecule has 1 unspecified atom stereocenters. The Morgan fingerprint density at radius 2 is 1.97 bits per heavy atom. The molecule has 2 amide bonds. The minimum Gasteiger partial charge on any atom is -0.497 e. The number of hydrogen-bond donors (Lipinski definition) is 1. The molecule has 1 aliphatic heterocycles. The topological polar surface area (TPSA) is 77.1 Å². The summed E-state index contributed by atoms with van der Waals surface area (Å²) in [6, 6.07) is 9.93. The highest BCUT2D eigenvalue weighted by Gasteiger charge is 2.33. The normalized spacial score (nSPS) is 15.6. The molecule has 1 fully saturated rings. The average molecular weight is 477 g/mol. The first-order valence-corrected chi connectivity index (χ1v) is 11.5. The second-order valence-electron chi connectivity index (χ2n) is 6.84. The highest BCUT2D eigenvalue weighted by molar-refractivity contribution is 7.99. The molecule has 1 heterocycles. The van der Waals surface area contributed by atoms with Crippen molar-refractivity contribution in [2.24, 2.45) is 0 Å². The minimum atomic E-state index is -0.558. The third-order valence-corrected chi connectivity index (χ3v) is 6.08. The molecule has 1 N–H and O–H groups in total. The SMILES string of the molecule is CCOc1c(Cl)cc(/C=C/C(=O)N2CSCC2C(=O)Nc2ccc(OC)cc2)cc1OC. The summed E-state index contributed by atoms with van der Waals surface area (Å²) in [7, 11) is 3.11. The van der Waals surface area contributed by atoms with Gasteiger partial charge in [-0.3, -0.25) is 9.59 Å². The number of anilines is 1. The Morgan fingerprint density at radius 3 is 2.62 bits per heavy atom. The zero-order valence-corrected chi connectivity index (χ0v) is 19.7. The lowest BCUT2D eigenvalue weighted by molar-refractivity contribution is -0.132. The van der Waals surface area contributed by atoms with Crippen LogP contribution < -0.4 is 19.5 Å². The fourth-order valence-corrected chi connectivity index (χ4v) is 4.60. The monoisotopic (exact) mass is 476 g/mol. The van der Waals surface area contributed by atoms with Crippen molar-refractivity contribution in [2.45, 2.75) is 13.0 Å². The molecular formula is C23H25ClN2O5S. The van der Waals surface area contributed by atoms with Gasteiger partial charge < -0.3 is 24.4 Å². The summed E-state index contributed by atoms with van der Waals surface area (Å²) in [5, 5.41) is 3.26. The van der Waals surface area contributed by atoms with Crippen LogP contribution in [0.1, 0.15) is 12.5 Å². The third-order valence-electron chi connectivity index (χ3n) is 4.78. The number of methoxy groups -OCH3 is 2. The zero-order valence-electron chi connectivity index (χ0n) is 18.1. The molecule has 0 bridgehead atoms. The van der Waals surface area contributed by atoms with Crippen LogP contribution in [-0.2, 0) is 9.59 Å². The van der Waals surface area contributed by atoms with Crippen LogP contribution in [0.2, 0.25) is 5.02 Å². The first-order chi connectivity index (χ1) is 15.5. The van der Waals surface area contributed by atoms with Crippen molar-refractivity contribution in [1.82, 2.24) is 4.90 Å². The number of thioether (sulfide) groups is 1. The third kappa shape index (κ3) is 5.69. The van der Waals surface area contributed by atoms with Gasteiger partial charge in [0.15, 0.2) is 11.5 Å². The Morgan fingerprint density at radius 1 is 1.22 bits per heavy atom. The number of ether oxygens (including phenoxy) is 3. The molecule has 2 aromatic rings. The molecule has 9 heteroatoms. The second kappa shape index (κ2) is 11.2. The number of nitrogens with zero attached hydrogens (tertiary/aromatic N) is 1. The van der Waals surface area contributed by atoms with Crippen molar-refractivity contribution in [2.75, 3.05) is 37.8 Å². The summed E-state index contributed by atoms with van der Waals surface area (Å²) in [6.07, 6.45) is 3.08. The Hall–Kier alpha value is -2.84. The second-order valence-corrected chi connectivity index (χ2v) is 8.25. The Bertz CT molecular complexity index is 997. The lowest BCUT2D eigenvalue weighted by Crippen LogP contribution is -2.43. The lowest BCUT2D eigenvalue weighted by Gasteiger charge is -2.21. The van der Waals surface area contributed by atoms with Crippen LogP contribution in [0, 0.1) is 0 Å². The van der Waals surface area contributed by atoms with E-state index in [-0.39, 0.29) is 11.8 Å². The van der Waals surface area contributed by atoms with Crippen LogP contribution in [0.25, 0.3) is 6.08 Å². The molecule has 7 nitrogen and oxygen atoms in total. The molecule has 170 valence electrons. The quantitative estimate of drug-likeness (QED) is 0.572. The fourth-order valence-electron chi connectivity index (χ4n) is 3.16. The van der Waals surface area contributed by atoms with Gasteiger partial charge in [-0.1, -0.05) is 11.6 Å². The number of amides is 2. The van der Waals surface area contributed by atoms with Crippen LogP contribution in [0.5, 0.6) is 17.2 Å². The van der Waals surface area contributed by atoms with E-state index in [1.54, 1.807) is 54.5 Å². The molecule has 0 saturated carbocycles. The first-order valence-electron chi connectivity index (χ1n) is 9.98. The molecule has 32 heavy (non-hydrogen) atoms. The number of carbonyl (C=O) groups is 2. The van der Waals surface area contributed by atoms with Crippen molar-refractivity contribution in [3.63, 3.8) is 0 Å². The summed E-state index contributed by atoms with van der Waals surface area (Å²) in [5.74, 6) is 2.14. The Labute approximate surface area is 196 Å². The molecule has 0 spiro atoms. The van der Waals surface area contributed by atoms with Crippen molar-refractivity contribution in [1.29, 1.82) is 0 Å². The van der Waals surface area contributed by atoms with Gasteiger partial charge in [0.25, 0.3) is 0 Å². The van der Waals surface area contributed by atoms with E-state index in [0.29, 0.717) is 51.8 Å². The van der Waals surface area contributed by atoms with E-state index in [4.69, 9.17) is 25.8 Å². The number of carbonyl (C=O) groups excluding carboxylic acids is 2. The molecule has 2 aromatic carbocycles. The van der Waals surface area contributed by atoms with Crippen molar-refractivity contribution >= 4 is 46.9 Å². The van der Waals surface area contributed by atoms with Crippen LogP contribution in [-0.4, -0.2) is 55.2 Å². The Kier molecular flexibility index (Phi) is 8.30. The van der Waals surface area contributed by atoms with Gasteiger partial charge in [0.1, 0.15) is 11.8 Å². The standard InChI is InChI=1S/C23H25ClN2O5S/c1-4-31-22-18(24)11-15(12-20(22)30-3)5-10-21(27)26-14-32-13-19(26)23(28)25-16-6-8-17(29-2)9-7-16/h5-12,19H,4,13-14H2,1-3H3,(H,25,28)/b10-5+. The summed E-state index contributed by atoms with van der Waals surface area (Å²) in [6.45, 7) is 2.31. The van der Waals surface area contributed by atoms with Gasteiger partial charge in [0, 0.05) is 17.5 Å². The zero-order chi connectivity index (χ0) is 23.1. The van der Waals surface area contributed by atoms with Gasteiger partial charge in [-0.25, -0.2) is 0 Å². The molecule has 0 aliphatic carbocycles. The summed E-state index contributed by atoms with van der Waals surface area (Å²) >= 11 is 7.83. The van der Waals surface area contributed by atoms with Crippen LogP contribution in [0.3, 0.4) is 0 Å². The van der Waals surface area contributed by atoms with E-state index in [9.17, 15) is 9.59 Å². The number of benzene rings is 2. The van der Waals surface area contributed by atoms with E-state index in [0.717, 1.165) is 0 Å². The van der Waals surface area contributed by atoms with Crippen molar-refractivity contribution < 1.29 is 23.8 Å². The molecule has 1 atom stereocenters. The molecule has 1 saturated heterocycles. The number of hydrogen-bond acceptors (Lipinski definition) is 6. The number of rotatable bonds is 8. The van der Waals surface area contributed by atoms with Crippen LogP contribution in [0.4, 0.5) is 5.69 Å². The lowest BCUT2D eigenvalue weighted by atomic mass is 10.1. The van der Waals surface area contributed by atoms with Crippen LogP contribution in [0.15, 0.2) is 42.5 Å². The van der Waals surface area contributed by atoms with E-state index < -0.39 is 6.04 Å². The van der Waals surface area contributed by atoms with Gasteiger partial charge in [-0.05, 0) is 55.0 Å². The highest BCUT2D eigenvalue weighted by atomic mass is 35.5. The first kappa shape index (κ1) is 23.8. The van der Waals surface area contributed by atoms with Crippen molar-refractivity contribution in [3.8, 4) is 17.2 Å². The van der Waals surface area contributed by atoms with Gasteiger partial charge >= 0.3 is 0 Å². The minimum absolute atomic E-state index is 0.229. The van der Waals surface area contributed by atoms with Gasteiger partial charge in [0.05, 0.1) is 31.7 Å². The Balaban J connectivity index is 1.69. The van der Waals surface area contributed by atoms with E-state index in [1.807, 2.05) is 6.92 Å². The van der Waals surface area contributed by atoms with E-state index >= 15 is 0 Å². The highest BCUT2D eigenvalue weighted by Crippen LogP contribution is 2.36. The molecule has 1 aliphatic rings. The number of halogens is 1. The average Bonchev–Trinajstić information content (AvgIpc) is 3.30. The maximum atomic E-state index is 12.8. The molecule has 0 aromatic heterocycles. The fraction of sp³-hybridized carbons (Fsp3) is 0.304.